The number of amides is 2. The first-order chi connectivity index (χ1) is 10.6. The Balaban J connectivity index is 1.53. The van der Waals surface area contributed by atoms with Gasteiger partial charge in [-0.3, -0.25) is 0 Å². The number of carbonyl (C=O) groups excluding carboxylic acids is 1. The van der Waals surface area contributed by atoms with Crippen molar-refractivity contribution in [1.29, 1.82) is 0 Å². The van der Waals surface area contributed by atoms with E-state index < -0.39 is 0 Å². The molecule has 0 unspecified atom stereocenters. The fraction of sp³-hybridized carbons (Fsp3) is 0.400. The maximum atomic E-state index is 12.2. The van der Waals surface area contributed by atoms with Gasteiger partial charge in [-0.1, -0.05) is 28.9 Å². The van der Waals surface area contributed by atoms with E-state index in [-0.39, 0.29) is 6.03 Å². The number of carbonyl (C=O) groups is 1. The third-order valence-electron chi connectivity index (χ3n) is 3.68. The number of nitrogens with one attached hydrogen (secondary N) is 1. The standard InChI is InChI=1S/C15H17ClN4O2/c1-10-18-14(22-19-10)5-7-17-15(21)20-8-6-12-11(9-20)3-2-4-13(12)16/h2-4H,5-9H2,1H3,(H,17,21). The molecule has 0 bridgehead atoms. The number of fused-ring (bicyclic) bond motifs is 1. The highest BCUT2D eigenvalue weighted by atomic mass is 35.5. The van der Waals surface area contributed by atoms with Crippen molar-refractivity contribution in [2.45, 2.75) is 26.3 Å². The second-order valence-corrected chi connectivity index (χ2v) is 5.67. The van der Waals surface area contributed by atoms with Gasteiger partial charge in [0.25, 0.3) is 0 Å². The van der Waals surface area contributed by atoms with Gasteiger partial charge >= 0.3 is 6.03 Å². The van der Waals surface area contributed by atoms with Crippen LogP contribution in [0.1, 0.15) is 22.8 Å². The Kier molecular flexibility index (Phi) is 4.29. The molecule has 2 heterocycles. The summed E-state index contributed by atoms with van der Waals surface area (Å²) in [7, 11) is 0. The number of nitrogens with zero attached hydrogens (tertiary/aromatic N) is 3. The summed E-state index contributed by atoms with van der Waals surface area (Å²) in [5, 5.41) is 7.38. The number of benzene rings is 1. The molecule has 7 heteroatoms. The van der Waals surface area contributed by atoms with Gasteiger partial charge in [0.2, 0.25) is 5.89 Å². The van der Waals surface area contributed by atoms with E-state index in [1.54, 1.807) is 11.8 Å². The number of rotatable bonds is 3. The molecule has 0 radical (unpaired) electrons. The summed E-state index contributed by atoms with van der Waals surface area (Å²) in [6.45, 7) is 3.49. The second kappa shape index (κ2) is 6.36. The van der Waals surface area contributed by atoms with Crippen LogP contribution >= 0.6 is 11.6 Å². The number of urea groups is 1. The molecule has 2 amide bonds. The Morgan fingerprint density at radius 2 is 2.36 bits per heavy atom. The zero-order valence-electron chi connectivity index (χ0n) is 12.3. The van der Waals surface area contributed by atoms with Gasteiger partial charge < -0.3 is 14.7 Å². The summed E-state index contributed by atoms with van der Waals surface area (Å²) in [6.07, 6.45) is 1.31. The van der Waals surface area contributed by atoms with Crippen molar-refractivity contribution in [2.24, 2.45) is 0 Å². The molecule has 0 atom stereocenters. The van der Waals surface area contributed by atoms with Crippen LogP contribution in [0.3, 0.4) is 0 Å². The van der Waals surface area contributed by atoms with E-state index in [4.69, 9.17) is 16.1 Å². The minimum atomic E-state index is -0.0816. The Morgan fingerprint density at radius 3 is 3.14 bits per heavy atom. The SMILES string of the molecule is Cc1noc(CCNC(=O)N2CCc3c(Cl)cccc3C2)n1. The number of aryl methyl sites for hydroxylation is 1. The third-order valence-corrected chi connectivity index (χ3v) is 4.03. The molecule has 6 nitrogen and oxygen atoms in total. The lowest BCUT2D eigenvalue weighted by molar-refractivity contribution is 0.192. The Labute approximate surface area is 133 Å². The summed E-state index contributed by atoms with van der Waals surface area (Å²) in [6, 6.07) is 5.74. The van der Waals surface area contributed by atoms with Gasteiger partial charge in [-0.15, -0.1) is 0 Å². The lowest BCUT2D eigenvalue weighted by Gasteiger charge is -2.29. The van der Waals surface area contributed by atoms with E-state index in [1.165, 1.54) is 0 Å². The number of hydrogen-bond acceptors (Lipinski definition) is 4. The fourth-order valence-electron chi connectivity index (χ4n) is 2.57. The van der Waals surface area contributed by atoms with Crippen LogP contribution < -0.4 is 5.32 Å². The van der Waals surface area contributed by atoms with Crippen molar-refractivity contribution in [1.82, 2.24) is 20.4 Å². The smallest absolute Gasteiger partial charge is 0.317 e. The molecule has 0 saturated carbocycles. The monoisotopic (exact) mass is 320 g/mol. The van der Waals surface area contributed by atoms with Crippen molar-refractivity contribution in [3.8, 4) is 0 Å². The summed E-state index contributed by atoms with van der Waals surface area (Å²) >= 11 is 6.18. The van der Waals surface area contributed by atoms with E-state index in [0.717, 1.165) is 22.6 Å². The van der Waals surface area contributed by atoms with Gasteiger partial charge in [-0.25, -0.2) is 4.79 Å². The predicted octanol–water partition coefficient (Wildman–Crippen LogP) is 2.34. The first kappa shape index (κ1) is 14.8. The summed E-state index contributed by atoms with van der Waals surface area (Å²) in [5.41, 5.74) is 2.26. The predicted molar refractivity (Wildman–Crippen MR) is 81.7 cm³/mol. The van der Waals surface area contributed by atoms with Crippen LogP contribution in [0, 0.1) is 6.92 Å². The van der Waals surface area contributed by atoms with Crippen molar-refractivity contribution < 1.29 is 9.32 Å². The molecular formula is C15H17ClN4O2. The van der Waals surface area contributed by atoms with Crippen LogP contribution in [0.15, 0.2) is 22.7 Å². The van der Waals surface area contributed by atoms with Crippen LogP contribution in [-0.2, 0) is 19.4 Å². The van der Waals surface area contributed by atoms with E-state index >= 15 is 0 Å². The molecule has 1 aliphatic rings. The molecule has 1 N–H and O–H groups in total. The molecule has 2 aromatic rings. The van der Waals surface area contributed by atoms with E-state index in [9.17, 15) is 4.79 Å². The topological polar surface area (TPSA) is 71.3 Å². The molecule has 0 aliphatic carbocycles. The second-order valence-electron chi connectivity index (χ2n) is 5.27. The minimum absolute atomic E-state index is 0.0816. The molecule has 0 fully saturated rings. The highest BCUT2D eigenvalue weighted by Gasteiger charge is 2.21. The van der Waals surface area contributed by atoms with E-state index in [0.29, 0.717) is 37.8 Å². The maximum absolute atomic E-state index is 12.2. The van der Waals surface area contributed by atoms with Gasteiger partial charge in [-0.2, -0.15) is 4.98 Å². The van der Waals surface area contributed by atoms with Gasteiger partial charge in [0.1, 0.15) is 0 Å². The first-order valence-electron chi connectivity index (χ1n) is 7.21. The average molecular weight is 321 g/mol. The molecule has 1 aliphatic heterocycles. The number of halogens is 1. The van der Waals surface area contributed by atoms with Crippen molar-refractivity contribution >= 4 is 17.6 Å². The molecular weight excluding hydrogens is 304 g/mol. The minimum Gasteiger partial charge on any atom is -0.339 e. The van der Waals surface area contributed by atoms with Gasteiger partial charge in [-0.05, 0) is 30.5 Å². The molecule has 0 saturated heterocycles. The first-order valence-corrected chi connectivity index (χ1v) is 7.59. The molecule has 3 rings (SSSR count). The molecule has 0 spiro atoms. The normalized spacial score (nSPS) is 13.8. The fourth-order valence-corrected chi connectivity index (χ4v) is 2.85. The van der Waals surface area contributed by atoms with Gasteiger partial charge in [0.05, 0.1) is 0 Å². The third kappa shape index (κ3) is 3.22. The van der Waals surface area contributed by atoms with Crippen molar-refractivity contribution in [2.75, 3.05) is 13.1 Å². The Morgan fingerprint density at radius 1 is 1.50 bits per heavy atom. The van der Waals surface area contributed by atoms with Crippen LogP contribution in [0.2, 0.25) is 5.02 Å². The lowest BCUT2D eigenvalue weighted by Crippen LogP contribution is -2.43. The summed E-state index contributed by atoms with van der Waals surface area (Å²) in [4.78, 5) is 18.1. The highest BCUT2D eigenvalue weighted by Crippen LogP contribution is 2.25. The molecule has 1 aromatic heterocycles. The van der Waals surface area contributed by atoms with E-state index in [2.05, 4.69) is 15.5 Å². The van der Waals surface area contributed by atoms with Crippen LogP contribution in [0.4, 0.5) is 4.79 Å². The molecule has 116 valence electrons. The Bertz CT molecular complexity index is 686. The summed E-state index contributed by atoms with van der Waals surface area (Å²) < 4.78 is 5.01. The average Bonchev–Trinajstić information content (AvgIpc) is 2.92. The number of aromatic nitrogens is 2. The molecule has 1 aromatic carbocycles. The van der Waals surface area contributed by atoms with Crippen LogP contribution in [0.25, 0.3) is 0 Å². The zero-order chi connectivity index (χ0) is 15.5. The van der Waals surface area contributed by atoms with Crippen molar-refractivity contribution in [3.05, 3.63) is 46.1 Å². The van der Waals surface area contributed by atoms with Crippen LogP contribution in [-0.4, -0.2) is 34.2 Å². The highest BCUT2D eigenvalue weighted by molar-refractivity contribution is 6.31. The summed E-state index contributed by atoms with van der Waals surface area (Å²) in [5.74, 6) is 1.14. The van der Waals surface area contributed by atoms with Crippen molar-refractivity contribution in [3.63, 3.8) is 0 Å². The van der Waals surface area contributed by atoms with Gasteiger partial charge in [0.15, 0.2) is 5.82 Å². The van der Waals surface area contributed by atoms with E-state index in [1.807, 2.05) is 18.2 Å². The quantitative estimate of drug-likeness (QED) is 0.942. The number of hydrogen-bond donors (Lipinski definition) is 1. The lowest BCUT2D eigenvalue weighted by atomic mass is 10.00. The Hall–Kier alpha value is -2.08. The maximum Gasteiger partial charge on any atom is 0.317 e. The zero-order valence-corrected chi connectivity index (χ0v) is 13.1. The molecule has 22 heavy (non-hydrogen) atoms. The van der Waals surface area contributed by atoms with Crippen LogP contribution in [0.5, 0.6) is 0 Å². The van der Waals surface area contributed by atoms with Gasteiger partial charge in [0, 0.05) is 31.1 Å². The largest absolute Gasteiger partial charge is 0.339 e.